The van der Waals surface area contributed by atoms with Gasteiger partial charge < -0.3 is 9.84 Å². The Hall–Kier alpha value is -2.75. The van der Waals surface area contributed by atoms with E-state index in [0.29, 0.717) is 27.1 Å². The fraction of sp³-hybridized carbons (Fsp3) is 0.154. The summed E-state index contributed by atoms with van der Waals surface area (Å²) in [5, 5.41) is 28.2. The summed E-state index contributed by atoms with van der Waals surface area (Å²) in [6.07, 6.45) is 1.65. The number of tetrazole rings is 1. The van der Waals surface area contributed by atoms with Gasteiger partial charge in [-0.25, -0.2) is 0 Å². The number of hydrogen-bond donors (Lipinski definition) is 2. The number of methoxy groups -OCH3 is 1. The Kier molecular flexibility index (Phi) is 3.82. The van der Waals surface area contributed by atoms with Crippen molar-refractivity contribution in [3.63, 3.8) is 0 Å². The van der Waals surface area contributed by atoms with Gasteiger partial charge in [-0.15, -0.1) is 5.10 Å². The van der Waals surface area contributed by atoms with Gasteiger partial charge in [0.1, 0.15) is 0 Å². The Morgan fingerprint density at radius 1 is 1.43 bits per heavy atom. The van der Waals surface area contributed by atoms with Crippen LogP contribution in [0, 0.1) is 0 Å². The van der Waals surface area contributed by atoms with Crippen molar-refractivity contribution < 1.29 is 14.6 Å². The molecule has 0 aliphatic carbocycles. The van der Waals surface area contributed by atoms with E-state index in [1.807, 2.05) is 0 Å². The van der Waals surface area contributed by atoms with Crippen molar-refractivity contribution in [2.24, 2.45) is 5.10 Å². The van der Waals surface area contributed by atoms with Gasteiger partial charge in [0.15, 0.2) is 11.5 Å². The van der Waals surface area contributed by atoms with Gasteiger partial charge in [-0.2, -0.15) is 15.3 Å². The van der Waals surface area contributed by atoms with E-state index in [2.05, 4.69) is 41.7 Å². The lowest BCUT2D eigenvalue weighted by atomic mass is 10.1. The number of carbonyl (C=O) groups is 1. The van der Waals surface area contributed by atoms with E-state index in [9.17, 15) is 9.90 Å². The topological polar surface area (TPSA) is 117 Å². The van der Waals surface area contributed by atoms with Crippen LogP contribution in [0.15, 0.2) is 27.3 Å². The molecule has 0 atom stereocenters. The standard InChI is InChI=1S/C13H11BrN6O3/c1-6-8(12(22)20(17-6)13-15-18-19-16-13)3-7-4-9(14)11(21)10(5-7)23-2/h3-5,21H,1-2H3,(H,15,16,18,19). The molecule has 0 saturated heterocycles. The number of phenolic OH excluding ortho intramolecular Hbond substituents is 1. The quantitative estimate of drug-likeness (QED) is 0.781. The number of ether oxygens (including phenoxy) is 1. The third kappa shape index (κ3) is 2.68. The number of anilines is 1. The summed E-state index contributed by atoms with van der Waals surface area (Å²) in [5.74, 6) is -0.0122. The Bertz CT molecular complexity index is 830. The molecule has 2 heterocycles. The van der Waals surface area contributed by atoms with E-state index in [4.69, 9.17) is 4.74 Å². The summed E-state index contributed by atoms with van der Waals surface area (Å²) in [4.78, 5) is 12.5. The first-order valence-corrected chi connectivity index (χ1v) is 7.22. The average Bonchev–Trinajstić information content (AvgIpc) is 3.14. The maximum atomic E-state index is 12.5. The number of hydrogen-bond acceptors (Lipinski definition) is 7. The number of H-pyrrole nitrogens is 1. The van der Waals surface area contributed by atoms with Crippen LogP contribution < -0.4 is 9.75 Å². The molecule has 0 saturated carbocycles. The molecule has 0 bridgehead atoms. The van der Waals surface area contributed by atoms with Crippen molar-refractivity contribution in [1.29, 1.82) is 0 Å². The number of nitrogens with one attached hydrogen (secondary N) is 1. The number of rotatable bonds is 3. The van der Waals surface area contributed by atoms with Gasteiger partial charge in [0, 0.05) is 0 Å². The SMILES string of the molecule is COc1cc(C=C2C(=O)N(c3nn[nH]n3)N=C2C)cc(Br)c1O. The first kappa shape index (κ1) is 15.2. The largest absolute Gasteiger partial charge is 0.503 e. The zero-order valence-electron chi connectivity index (χ0n) is 12.1. The number of carbonyl (C=O) groups excluding carboxylic acids is 1. The second-order valence-corrected chi connectivity index (χ2v) is 5.48. The molecular formula is C13H11BrN6O3. The minimum Gasteiger partial charge on any atom is -0.503 e. The van der Waals surface area contributed by atoms with Crippen molar-refractivity contribution in [1.82, 2.24) is 20.6 Å². The minimum atomic E-state index is -0.368. The highest BCUT2D eigenvalue weighted by atomic mass is 79.9. The van der Waals surface area contributed by atoms with Crippen LogP contribution in [-0.4, -0.2) is 44.5 Å². The van der Waals surface area contributed by atoms with Crippen molar-refractivity contribution in [2.45, 2.75) is 6.92 Å². The van der Waals surface area contributed by atoms with Crippen LogP contribution in [-0.2, 0) is 4.79 Å². The number of amides is 1. The summed E-state index contributed by atoms with van der Waals surface area (Å²) in [6.45, 7) is 1.70. The van der Waals surface area contributed by atoms with Crippen LogP contribution in [0.2, 0.25) is 0 Å². The molecule has 0 fully saturated rings. The van der Waals surface area contributed by atoms with Crippen LogP contribution in [0.25, 0.3) is 6.08 Å². The Balaban J connectivity index is 1.99. The molecule has 3 rings (SSSR count). The number of benzene rings is 1. The number of phenols is 1. The van der Waals surface area contributed by atoms with Crippen LogP contribution in [0.4, 0.5) is 5.95 Å². The molecule has 9 nitrogen and oxygen atoms in total. The van der Waals surface area contributed by atoms with Gasteiger partial charge in [0.2, 0.25) is 0 Å². The van der Waals surface area contributed by atoms with Crippen LogP contribution in [0.5, 0.6) is 11.5 Å². The first-order valence-electron chi connectivity index (χ1n) is 6.43. The van der Waals surface area contributed by atoms with Crippen molar-refractivity contribution >= 4 is 39.6 Å². The van der Waals surface area contributed by atoms with Gasteiger partial charge in [0.25, 0.3) is 11.9 Å². The summed E-state index contributed by atoms with van der Waals surface area (Å²) < 4.78 is 5.55. The van der Waals surface area contributed by atoms with E-state index in [-0.39, 0.29) is 17.6 Å². The van der Waals surface area contributed by atoms with E-state index in [1.54, 1.807) is 25.1 Å². The summed E-state index contributed by atoms with van der Waals surface area (Å²) >= 11 is 3.24. The molecule has 23 heavy (non-hydrogen) atoms. The highest BCUT2D eigenvalue weighted by Crippen LogP contribution is 2.36. The maximum Gasteiger partial charge on any atom is 0.293 e. The Morgan fingerprint density at radius 2 is 2.22 bits per heavy atom. The highest BCUT2D eigenvalue weighted by Gasteiger charge is 2.31. The lowest BCUT2D eigenvalue weighted by Gasteiger charge is -2.07. The third-order valence-electron chi connectivity index (χ3n) is 3.17. The molecule has 0 radical (unpaired) electrons. The monoisotopic (exact) mass is 378 g/mol. The molecule has 10 heteroatoms. The Labute approximate surface area is 138 Å². The second-order valence-electron chi connectivity index (χ2n) is 4.63. The molecule has 1 aliphatic rings. The molecule has 1 aliphatic heterocycles. The fourth-order valence-electron chi connectivity index (χ4n) is 2.07. The number of hydrazone groups is 1. The van der Waals surface area contributed by atoms with Crippen molar-refractivity contribution in [3.05, 3.63) is 27.7 Å². The number of aromatic amines is 1. The average molecular weight is 379 g/mol. The second kappa shape index (κ2) is 5.80. The third-order valence-corrected chi connectivity index (χ3v) is 3.77. The highest BCUT2D eigenvalue weighted by molar-refractivity contribution is 9.10. The van der Waals surface area contributed by atoms with Gasteiger partial charge in [-0.3, -0.25) is 4.79 Å². The van der Waals surface area contributed by atoms with Crippen LogP contribution in [0.1, 0.15) is 12.5 Å². The zero-order chi connectivity index (χ0) is 16.6. The smallest absolute Gasteiger partial charge is 0.293 e. The minimum absolute atomic E-state index is 0.00814. The van der Waals surface area contributed by atoms with Gasteiger partial charge >= 0.3 is 0 Å². The molecule has 1 amide bonds. The molecule has 2 N–H and O–H groups in total. The Morgan fingerprint density at radius 3 is 2.87 bits per heavy atom. The zero-order valence-corrected chi connectivity index (χ0v) is 13.7. The molecule has 0 spiro atoms. The molecule has 118 valence electrons. The fourth-order valence-corrected chi connectivity index (χ4v) is 2.53. The maximum absolute atomic E-state index is 12.5. The molecule has 1 aromatic heterocycles. The molecule has 1 aromatic carbocycles. The van der Waals surface area contributed by atoms with E-state index < -0.39 is 0 Å². The normalized spacial score (nSPS) is 16.1. The van der Waals surface area contributed by atoms with Gasteiger partial charge in [0.05, 0.1) is 22.9 Å². The predicted octanol–water partition coefficient (Wildman–Crippen LogP) is 1.48. The number of halogens is 1. The molecular weight excluding hydrogens is 368 g/mol. The van der Waals surface area contributed by atoms with Gasteiger partial charge in [-0.1, -0.05) is 5.10 Å². The van der Waals surface area contributed by atoms with Crippen LogP contribution in [0.3, 0.4) is 0 Å². The van der Waals surface area contributed by atoms with E-state index >= 15 is 0 Å². The predicted molar refractivity (Wildman–Crippen MR) is 85.1 cm³/mol. The lowest BCUT2D eigenvalue weighted by molar-refractivity contribution is -0.114. The number of aromatic hydroxyl groups is 1. The molecule has 2 aromatic rings. The van der Waals surface area contributed by atoms with E-state index in [0.717, 1.165) is 5.01 Å². The van der Waals surface area contributed by atoms with E-state index in [1.165, 1.54) is 7.11 Å². The summed E-state index contributed by atoms with van der Waals surface area (Å²) in [7, 11) is 1.45. The molecule has 0 unspecified atom stereocenters. The van der Waals surface area contributed by atoms with Crippen LogP contribution >= 0.6 is 15.9 Å². The summed E-state index contributed by atoms with van der Waals surface area (Å²) in [5.41, 5.74) is 1.57. The lowest BCUT2D eigenvalue weighted by Crippen LogP contribution is -2.22. The van der Waals surface area contributed by atoms with Gasteiger partial charge in [-0.05, 0) is 51.8 Å². The number of nitrogens with zero attached hydrogens (tertiary/aromatic N) is 5. The van der Waals surface area contributed by atoms with Crippen molar-refractivity contribution in [3.8, 4) is 11.5 Å². The summed E-state index contributed by atoms with van der Waals surface area (Å²) in [6, 6.07) is 3.28. The van der Waals surface area contributed by atoms with Crippen molar-refractivity contribution in [2.75, 3.05) is 12.1 Å². The first-order chi connectivity index (χ1) is 11.0. The number of aromatic nitrogens is 4.